The number of hydrogen-bond acceptors (Lipinski definition) is 8. The molecule has 0 aliphatic heterocycles. The van der Waals surface area contributed by atoms with Crippen LogP contribution < -0.4 is 21.7 Å². The van der Waals surface area contributed by atoms with Crippen LogP contribution in [0, 0.1) is 18.7 Å². The normalized spacial score (nSPS) is 14.1. The third kappa shape index (κ3) is 6.05. The van der Waals surface area contributed by atoms with E-state index in [2.05, 4.69) is 24.7 Å². The molecule has 3 heterocycles. The number of halogens is 1. The zero-order chi connectivity index (χ0) is 31.2. The van der Waals surface area contributed by atoms with E-state index in [1.54, 1.807) is 42.5 Å². The number of aromatic amines is 2. The highest BCUT2D eigenvalue weighted by Gasteiger charge is 2.27. The van der Waals surface area contributed by atoms with Gasteiger partial charge in [0, 0.05) is 18.2 Å². The van der Waals surface area contributed by atoms with E-state index in [4.69, 9.17) is 5.73 Å². The number of H-pyrrole nitrogens is 2. The number of carbonyl (C=O) groups excluding carboxylic acids is 1. The van der Waals surface area contributed by atoms with Crippen molar-refractivity contribution in [1.82, 2.24) is 24.5 Å². The van der Waals surface area contributed by atoms with Crippen LogP contribution in [0.2, 0.25) is 0 Å². The molecule has 0 saturated heterocycles. The summed E-state index contributed by atoms with van der Waals surface area (Å²) in [5.41, 5.74) is 6.08. The van der Waals surface area contributed by atoms with E-state index in [1.807, 2.05) is 0 Å². The van der Waals surface area contributed by atoms with Crippen LogP contribution in [0.4, 0.5) is 10.1 Å². The van der Waals surface area contributed by atoms with Gasteiger partial charge in [-0.05, 0) is 61.4 Å². The van der Waals surface area contributed by atoms with Crippen molar-refractivity contribution in [3.8, 4) is 0 Å². The summed E-state index contributed by atoms with van der Waals surface area (Å²) in [5.74, 6) is -0.891. The summed E-state index contributed by atoms with van der Waals surface area (Å²) in [4.78, 5) is 50.9. The number of thiazole rings is 1. The molecule has 1 aliphatic carbocycles. The number of rotatable bonds is 11. The Kier molecular flexibility index (Phi) is 7.67. The maximum Gasteiger partial charge on any atom is 0.330 e. The molecule has 12 nitrogen and oxygen atoms in total. The lowest BCUT2D eigenvalue weighted by Crippen LogP contribution is -2.30. The molecule has 0 bridgehead atoms. The quantitative estimate of drug-likeness (QED) is 0.171. The molecule has 5 aromatic rings. The van der Waals surface area contributed by atoms with Crippen molar-refractivity contribution in [3.05, 3.63) is 103 Å². The molecule has 2 aromatic carbocycles. The number of aromatic nitrogens is 5. The fraction of sp³-hybridized carbons (Fsp3) is 0.276. The number of primary amides is 1. The Labute approximate surface area is 254 Å². The van der Waals surface area contributed by atoms with E-state index in [1.165, 1.54) is 17.6 Å². The van der Waals surface area contributed by atoms with Crippen LogP contribution in [-0.2, 0) is 34.2 Å². The average Bonchev–Trinajstić information content (AvgIpc) is 3.55. The van der Waals surface area contributed by atoms with E-state index >= 15 is 0 Å². The number of nitrogens with zero attached hydrogens (tertiary/aromatic N) is 3. The molecule has 1 atom stereocenters. The van der Waals surface area contributed by atoms with E-state index in [9.17, 15) is 27.2 Å². The van der Waals surface area contributed by atoms with E-state index in [-0.39, 0.29) is 39.6 Å². The summed E-state index contributed by atoms with van der Waals surface area (Å²) in [7, 11) is -4.02. The van der Waals surface area contributed by atoms with Crippen molar-refractivity contribution < 1.29 is 17.6 Å². The lowest BCUT2D eigenvalue weighted by Gasteiger charge is -2.17. The van der Waals surface area contributed by atoms with Crippen molar-refractivity contribution in [2.24, 2.45) is 11.7 Å². The van der Waals surface area contributed by atoms with Gasteiger partial charge in [-0.15, -0.1) is 11.3 Å². The second-order valence-corrected chi connectivity index (χ2v) is 13.8. The number of amides is 1. The molecule has 1 aliphatic rings. The average molecular weight is 638 g/mol. The summed E-state index contributed by atoms with van der Waals surface area (Å²) in [5, 5.41) is 0.300. The zero-order valence-electron chi connectivity index (χ0n) is 23.5. The molecular weight excluding hydrogens is 609 g/mol. The molecule has 3 aromatic heterocycles. The van der Waals surface area contributed by atoms with Crippen molar-refractivity contribution in [2.75, 3.05) is 4.72 Å². The number of nitrogens with two attached hydrogens (primary N) is 1. The molecule has 1 unspecified atom stereocenters. The molecule has 6 rings (SSSR count). The second kappa shape index (κ2) is 11.5. The van der Waals surface area contributed by atoms with Gasteiger partial charge < -0.3 is 10.7 Å². The summed E-state index contributed by atoms with van der Waals surface area (Å²) < 4.78 is 45.0. The maximum atomic E-state index is 14.8. The van der Waals surface area contributed by atoms with Crippen LogP contribution in [0.1, 0.15) is 46.4 Å². The minimum absolute atomic E-state index is 0.0278. The largest absolute Gasteiger partial charge is 0.369 e. The number of carbonyl (C=O) groups is 1. The summed E-state index contributed by atoms with van der Waals surface area (Å²) in [6, 6.07) is 12.9. The number of hydrogen-bond donors (Lipinski definition) is 4. The smallest absolute Gasteiger partial charge is 0.330 e. The molecule has 1 amide bonds. The minimum Gasteiger partial charge on any atom is -0.369 e. The molecule has 228 valence electrons. The van der Waals surface area contributed by atoms with Crippen LogP contribution in [0.15, 0.2) is 62.3 Å². The Morgan fingerprint density at radius 1 is 1.14 bits per heavy atom. The predicted octanol–water partition coefficient (Wildman–Crippen LogP) is 2.93. The number of fused-ring (bicyclic) bond motifs is 1. The number of benzene rings is 2. The zero-order valence-corrected chi connectivity index (χ0v) is 25.1. The highest BCUT2D eigenvalue weighted by molar-refractivity contribution is 7.94. The van der Waals surface area contributed by atoms with Crippen molar-refractivity contribution in [2.45, 2.75) is 49.3 Å². The van der Waals surface area contributed by atoms with Crippen LogP contribution in [-0.4, -0.2) is 38.8 Å². The second-order valence-electron chi connectivity index (χ2n) is 10.8. The van der Waals surface area contributed by atoms with Gasteiger partial charge in [0.1, 0.15) is 22.2 Å². The third-order valence-electron chi connectivity index (χ3n) is 7.43. The van der Waals surface area contributed by atoms with Crippen LogP contribution in [0.25, 0.3) is 11.2 Å². The number of nitrogens with one attached hydrogen (secondary N) is 3. The summed E-state index contributed by atoms with van der Waals surface area (Å²) in [6.07, 6.45) is 2.00. The fourth-order valence-corrected chi connectivity index (χ4v) is 7.73. The van der Waals surface area contributed by atoms with Crippen molar-refractivity contribution >= 4 is 44.1 Å². The van der Waals surface area contributed by atoms with Gasteiger partial charge in [-0.3, -0.25) is 23.9 Å². The Bertz CT molecular complexity index is 2110. The van der Waals surface area contributed by atoms with Crippen molar-refractivity contribution in [1.29, 1.82) is 0 Å². The lowest BCUT2D eigenvalue weighted by atomic mass is 9.91. The monoisotopic (exact) mass is 637 g/mol. The summed E-state index contributed by atoms with van der Waals surface area (Å²) in [6.45, 7) is 1.97. The SMILES string of the molecule is Cc1nc(CC(N)=O)sc1S(=O)(=O)Nc1ccc(C(Cc2ccccc2F)c2nc3c([nH]2)c(=O)[nH]c(=O)n3CC2CC2)cc1. The standard InChI is InChI=1S/C29H28FN7O5S2/c1-15-28(43-23(32-15)13-22(31)38)44(41,42)36-19-10-8-17(9-11-19)20(12-18-4-2-3-5-21(18)30)25-33-24-26(34-25)37(14-16-6-7-16)29(40)35-27(24)39/h2-5,8-11,16,20,36H,6-7,12-14H2,1H3,(H2,31,38)(H,33,34)(H,35,39,40). The highest BCUT2D eigenvalue weighted by Crippen LogP contribution is 2.33. The summed E-state index contributed by atoms with van der Waals surface area (Å²) >= 11 is 0.872. The number of imidazole rings is 1. The Morgan fingerprint density at radius 2 is 1.86 bits per heavy atom. The van der Waals surface area contributed by atoms with Gasteiger partial charge in [-0.2, -0.15) is 0 Å². The first-order chi connectivity index (χ1) is 21.0. The topological polar surface area (TPSA) is 186 Å². The maximum absolute atomic E-state index is 14.8. The molecule has 1 saturated carbocycles. The van der Waals surface area contributed by atoms with E-state index in [0.717, 1.165) is 24.2 Å². The molecule has 44 heavy (non-hydrogen) atoms. The van der Waals surface area contributed by atoms with Crippen LogP contribution in [0.5, 0.6) is 0 Å². The third-order valence-corrected chi connectivity index (χ3v) is 10.6. The highest BCUT2D eigenvalue weighted by atomic mass is 32.2. The molecular formula is C29H28FN7O5S2. The first kappa shape index (κ1) is 29.4. The van der Waals surface area contributed by atoms with E-state index < -0.39 is 38.9 Å². The van der Waals surface area contributed by atoms with Gasteiger partial charge >= 0.3 is 5.69 Å². The Hall–Kier alpha value is -4.63. The van der Waals surface area contributed by atoms with Gasteiger partial charge in [0.15, 0.2) is 9.86 Å². The van der Waals surface area contributed by atoms with Crippen LogP contribution in [0.3, 0.4) is 0 Å². The minimum atomic E-state index is -4.02. The van der Waals surface area contributed by atoms with Crippen molar-refractivity contribution in [3.63, 3.8) is 0 Å². The Balaban J connectivity index is 1.35. The number of aryl methyl sites for hydroxylation is 1. The lowest BCUT2D eigenvalue weighted by molar-refractivity contribution is -0.117. The van der Waals surface area contributed by atoms with Gasteiger partial charge in [0.25, 0.3) is 15.6 Å². The molecule has 5 N–H and O–H groups in total. The molecule has 1 fully saturated rings. The predicted molar refractivity (Wildman–Crippen MR) is 163 cm³/mol. The first-order valence-corrected chi connectivity index (χ1v) is 16.1. The van der Waals surface area contributed by atoms with Gasteiger partial charge in [-0.1, -0.05) is 30.3 Å². The number of anilines is 1. The van der Waals surface area contributed by atoms with Crippen LogP contribution >= 0.6 is 11.3 Å². The Morgan fingerprint density at radius 3 is 2.55 bits per heavy atom. The van der Waals surface area contributed by atoms with Gasteiger partial charge in [0.2, 0.25) is 5.91 Å². The fourth-order valence-electron chi connectivity index (χ4n) is 5.10. The van der Waals surface area contributed by atoms with Gasteiger partial charge in [0.05, 0.1) is 12.1 Å². The molecule has 15 heteroatoms. The van der Waals surface area contributed by atoms with E-state index in [0.29, 0.717) is 34.4 Å². The number of sulfonamides is 1. The molecule has 0 spiro atoms. The molecule has 0 radical (unpaired) electrons. The van der Waals surface area contributed by atoms with Gasteiger partial charge in [-0.25, -0.2) is 27.6 Å². The first-order valence-electron chi connectivity index (χ1n) is 13.8.